The molecule has 1 fully saturated rings. The number of rotatable bonds is 2. The monoisotopic (exact) mass is 241 g/mol. The highest BCUT2D eigenvalue weighted by Crippen LogP contribution is 2.33. The van der Waals surface area contributed by atoms with Gasteiger partial charge in [0, 0.05) is 11.3 Å². The third kappa shape index (κ3) is 1.92. The van der Waals surface area contributed by atoms with Crippen LogP contribution in [0, 0.1) is 0 Å². The number of nitrogen functional groups attached to an aromatic ring is 1. The minimum Gasteiger partial charge on any atom is -0.398 e. The van der Waals surface area contributed by atoms with Crippen molar-refractivity contribution < 1.29 is 13.5 Å². The molecule has 4 nitrogen and oxygen atoms in total. The summed E-state index contributed by atoms with van der Waals surface area (Å²) in [7, 11) is -3.16. The van der Waals surface area contributed by atoms with Crippen LogP contribution in [0.15, 0.2) is 24.3 Å². The van der Waals surface area contributed by atoms with Gasteiger partial charge in [-0.15, -0.1) is 0 Å². The molecular formula is C11H15NO3S. The number of para-hydroxylation sites is 1. The van der Waals surface area contributed by atoms with Gasteiger partial charge in [0.15, 0.2) is 9.84 Å². The Morgan fingerprint density at radius 3 is 2.62 bits per heavy atom. The van der Waals surface area contributed by atoms with Gasteiger partial charge in [0.05, 0.1) is 17.1 Å². The molecule has 0 aromatic heterocycles. The molecule has 1 aromatic carbocycles. The summed E-state index contributed by atoms with van der Waals surface area (Å²) in [5, 5.41) is 9.38. The molecule has 1 saturated heterocycles. The molecule has 0 spiro atoms. The highest BCUT2D eigenvalue weighted by molar-refractivity contribution is 7.92. The topological polar surface area (TPSA) is 80.4 Å². The lowest BCUT2D eigenvalue weighted by molar-refractivity contribution is 0.171. The van der Waals surface area contributed by atoms with Crippen LogP contribution in [0.2, 0.25) is 0 Å². The summed E-state index contributed by atoms with van der Waals surface area (Å²) in [6, 6.07) is 6.85. The van der Waals surface area contributed by atoms with Crippen LogP contribution in [0.25, 0.3) is 0 Å². The van der Waals surface area contributed by atoms with Crippen molar-refractivity contribution in [2.24, 2.45) is 0 Å². The molecular weight excluding hydrogens is 226 g/mol. The van der Waals surface area contributed by atoms with Crippen molar-refractivity contribution in [3.63, 3.8) is 0 Å². The van der Waals surface area contributed by atoms with Crippen molar-refractivity contribution in [2.75, 3.05) is 11.5 Å². The summed E-state index contributed by atoms with van der Waals surface area (Å²) in [6.45, 7) is 0. The maximum Gasteiger partial charge on any atom is 0.156 e. The van der Waals surface area contributed by atoms with E-state index in [4.69, 9.17) is 5.73 Å². The van der Waals surface area contributed by atoms with Crippen LogP contribution in [-0.2, 0) is 9.84 Å². The molecule has 0 aliphatic carbocycles. The summed E-state index contributed by atoms with van der Waals surface area (Å²) >= 11 is 0. The Bertz CT molecular complexity index is 484. The first kappa shape index (κ1) is 11.4. The van der Waals surface area contributed by atoms with Crippen LogP contribution >= 0.6 is 0 Å². The van der Waals surface area contributed by atoms with Gasteiger partial charge in [-0.25, -0.2) is 8.42 Å². The number of benzene rings is 1. The number of anilines is 1. The first-order valence-electron chi connectivity index (χ1n) is 5.26. The Balaban J connectivity index is 2.33. The van der Waals surface area contributed by atoms with Gasteiger partial charge in [0.1, 0.15) is 0 Å². The second-order valence-electron chi connectivity index (χ2n) is 4.12. The first-order chi connectivity index (χ1) is 7.52. The minimum atomic E-state index is -3.16. The summed E-state index contributed by atoms with van der Waals surface area (Å²) < 4.78 is 23.4. The zero-order chi connectivity index (χ0) is 11.8. The standard InChI is InChI=1S/C11H15NO3S/c12-9-5-2-1-4-8(9)11(13)10-6-3-7-16(10,14)15/h1-2,4-5,10-11,13H,3,6-7,12H2. The fourth-order valence-electron chi connectivity index (χ4n) is 2.15. The molecule has 3 N–H and O–H groups in total. The fourth-order valence-corrected chi connectivity index (χ4v) is 4.09. The Hall–Kier alpha value is -1.07. The largest absolute Gasteiger partial charge is 0.398 e. The number of hydrogen-bond acceptors (Lipinski definition) is 4. The van der Waals surface area contributed by atoms with Crippen molar-refractivity contribution >= 4 is 15.5 Å². The minimum absolute atomic E-state index is 0.168. The summed E-state index contributed by atoms with van der Waals surface area (Å²) in [5.41, 5.74) is 6.68. The van der Waals surface area contributed by atoms with E-state index in [2.05, 4.69) is 0 Å². The second-order valence-corrected chi connectivity index (χ2v) is 6.46. The predicted molar refractivity (Wildman–Crippen MR) is 62.6 cm³/mol. The van der Waals surface area contributed by atoms with Gasteiger partial charge in [0.2, 0.25) is 0 Å². The van der Waals surface area contributed by atoms with Gasteiger partial charge in [-0.3, -0.25) is 0 Å². The average molecular weight is 241 g/mol. The van der Waals surface area contributed by atoms with Crippen molar-refractivity contribution in [2.45, 2.75) is 24.2 Å². The molecule has 1 aliphatic rings. The highest BCUT2D eigenvalue weighted by atomic mass is 32.2. The van der Waals surface area contributed by atoms with Crippen LogP contribution in [0.5, 0.6) is 0 Å². The molecule has 0 bridgehead atoms. The van der Waals surface area contributed by atoms with E-state index >= 15 is 0 Å². The van der Waals surface area contributed by atoms with Crippen LogP contribution in [-0.4, -0.2) is 24.5 Å². The number of hydrogen-bond donors (Lipinski definition) is 2. The third-order valence-electron chi connectivity index (χ3n) is 3.05. The SMILES string of the molecule is Nc1ccccc1C(O)C1CCCS1(=O)=O. The zero-order valence-electron chi connectivity index (χ0n) is 8.83. The Labute approximate surface area is 95.0 Å². The van der Waals surface area contributed by atoms with Crippen molar-refractivity contribution in [1.82, 2.24) is 0 Å². The summed E-state index contributed by atoms with van der Waals surface area (Å²) in [6.07, 6.45) is 0.128. The lowest BCUT2D eigenvalue weighted by Gasteiger charge is -2.19. The van der Waals surface area contributed by atoms with E-state index in [1.54, 1.807) is 24.3 Å². The number of aliphatic hydroxyl groups is 1. The van der Waals surface area contributed by atoms with E-state index in [1.807, 2.05) is 0 Å². The van der Waals surface area contributed by atoms with Gasteiger partial charge in [0.25, 0.3) is 0 Å². The molecule has 2 rings (SSSR count). The summed E-state index contributed by atoms with van der Waals surface area (Å²) in [5.74, 6) is 0.168. The van der Waals surface area contributed by atoms with Gasteiger partial charge in [-0.1, -0.05) is 18.2 Å². The molecule has 5 heteroatoms. The zero-order valence-corrected chi connectivity index (χ0v) is 9.65. The molecule has 2 atom stereocenters. The molecule has 1 aliphatic heterocycles. The number of aliphatic hydroxyl groups excluding tert-OH is 1. The maximum atomic E-state index is 11.7. The summed E-state index contributed by atoms with van der Waals surface area (Å²) in [4.78, 5) is 0. The molecule has 2 unspecified atom stereocenters. The normalized spacial score (nSPS) is 25.4. The predicted octanol–water partition coefficient (Wildman–Crippen LogP) is 0.879. The lowest BCUT2D eigenvalue weighted by Crippen LogP contribution is -2.24. The van der Waals surface area contributed by atoms with Gasteiger partial charge in [-0.2, -0.15) is 0 Å². The second kappa shape index (κ2) is 4.07. The van der Waals surface area contributed by atoms with E-state index in [9.17, 15) is 13.5 Å². The van der Waals surface area contributed by atoms with E-state index in [-0.39, 0.29) is 5.75 Å². The number of nitrogens with two attached hydrogens (primary N) is 1. The van der Waals surface area contributed by atoms with E-state index in [1.165, 1.54) is 0 Å². The van der Waals surface area contributed by atoms with Crippen LogP contribution in [0.4, 0.5) is 5.69 Å². The fraction of sp³-hybridized carbons (Fsp3) is 0.455. The van der Waals surface area contributed by atoms with E-state index in [0.717, 1.165) is 0 Å². The Kier molecular flexibility index (Phi) is 2.90. The van der Waals surface area contributed by atoms with Gasteiger partial charge < -0.3 is 10.8 Å². The molecule has 1 aromatic rings. The highest BCUT2D eigenvalue weighted by Gasteiger charge is 2.38. The van der Waals surface area contributed by atoms with Gasteiger partial charge in [-0.05, 0) is 18.9 Å². The molecule has 16 heavy (non-hydrogen) atoms. The Morgan fingerprint density at radius 1 is 1.38 bits per heavy atom. The van der Waals surface area contributed by atoms with Crippen LogP contribution in [0.1, 0.15) is 24.5 Å². The lowest BCUT2D eigenvalue weighted by atomic mass is 10.0. The Morgan fingerprint density at radius 2 is 2.06 bits per heavy atom. The third-order valence-corrected chi connectivity index (χ3v) is 5.32. The van der Waals surface area contributed by atoms with Gasteiger partial charge >= 0.3 is 0 Å². The number of sulfone groups is 1. The maximum absolute atomic E-state index is 11.7. The van der Waals surface area contributed by atoms with Crippen molar-refractivity contribution in [3.05, 3.63) is 29.8 Å². The molecule has 0 amide bonds. The molecule has 0 radical (unpaired) electrons. The van der Waals surface area contributed by atoms with Crippen molar-refractivity contribution in [3.8, 4) is 0 Å². The smallest absolute Gasteiger partial charge is 0.156 e. The average Bonchev–Trinajstić information content (AvgIpc) is 2.58. The van der Waals surface area contributed by atoms with E-state index in [0.29, 0.717) is 24.1 Å². The quantitative estimate of drug-likeness (QED) is 0.753. The van der Waals surface area contributed by atoms with E-state index < -0.39 is 21.2 Å². The molecule has 88 valence electrons. The van der Waals surface area contributed by atoms with Crippen LogP contribution in [0.3, 0.4) is 0 Å². The molecule has 1 heterocycles. The van der Waals surface area contributed by atoms with Crippen LogP contribution < -0.4 is 5.73 Å². The van der Waals surface area contributed by atoms with Crippen molar-refractivity contribution in [1.29, 1.82) is 0 Å². The first-order valence-corrected chi connectivity index (χ1v) is 6.98. The molecule has 0 saturated carbocycles.